The Labute approximate surface area is 123 Å². The van der Waals surface area contributed by atoms with Gasteiger partial charge in [0.2, 0.25) is 0 Å². The van der Waals surface area contributed by atoms with Crippen molar-refractivity contribution in [1.82, 2.24) is 4.90 Å². The maximum atomic E-state index is 12.4. The summed E-state index contributed by atoms with van der Waals surface area (Å²) in [4.78, 5) is 14.3. The highest BCUT2D eigenvalue weighted by Crippen LogP contribution is 2.24. The van der Waals surface area contributed by atoms with Gasteiger partial charge in [-0.3, -0.25) is 4.79 Å². The van der Waals surface area contributed by atoms with Gasteiger partial charge in [-0.2, -0.15) is 0 Å². The van der Waals surface area contributed by atoms with Gasteiger partial charge in [-0.05, 0) is 53.5 Å². The molecule has 0 aromatic heterocycles. The smallest absolute Gasteiger partial charge is 0.254 e. The number of amides is 1. The van der Waals surface area contributed by atoms with Gasteiger partial charge in [0.25, 0.3) is 5.91 Å². The van der Waals surface area contributed by atoms with Gasteiger partial charge in [0.15, 0.2) is 0 Å². The summed E-state index contributed by atoms with van der Waals surface area (Å²) < 4.78 is 1.04. The van der Waals surface area contributed by atoms with E-state index in [0.29, 0.717) is 5.92 Å². The van der Waals surface area contributed by atoms with Gasteiger partial charge >= 0.3 is 0 Å². The summed E-state index contributed by atoms with van der Waals surface area (Å²) >= 11 is 2.23. The van der Waals surface area contributed by atoms with E-state index in [2.05, 4.69) is 22.6 Å². The van der Waals surface area contributed by atoms with Crippen LogP contribution in [0.4, 0.5) is 0 Å². The third kappa shape index (κ3) is 3.46. The molecule has 3 heteroatoms. The zero-order valence-corrected chi connectivity index (χ0v) is 13.0. The number of halogens is 1. The van der Waals surface area contributed by atoms with Crippen LogP contribution in [0.1, 0.15) is 42.5 Å². The summed E-state index contributed by atoms with van der Waals surface area (Å²) in [6.45, 7) is 0.907. The van der Waals surface area contributed by atoms with Gasteiger partial charge in [0, 0.05) is 17.2 Å². The van der Waals surface area contributed by atoms with E-state index in [-0.39, 0.29) is 5.91 Å². The Balaban J connectivity index is 1.98. The Kier molecular flexibility index (Phi) is 5.03. The Morgan fingerprint density at radius 1 is 1.28 bits per heavy atom. The molecule has 1 aliphatic carbocycles. The Morgan fingerprint density at radius 3 is 2.61 bits per heavy atom. The molecule has 0 bridgehead atoms. The lowest BCUT2D eigenvalue weighted by atomic mass is 9.89. The molecule has 0 heterocycles. The topological polar surface area (TPSA) is 20.3 Å². The van der Waals surface area contributed by atoms with Crippen LogP contribution in [0.3, 0.4) is 0 Å². The molecular formula is C15H20INO. The van der Waals surface area contributed by atoms with E-state index in [1.807, 2.05) is 36.2 Å². The average molecular weight is 357 g/mol. The van der Waals surface area contributed by atoms with Crippen molar-refractivity contribution in [3.63, 3.8) is 0 Å². The minimum atomic E-state index is 0.158. The Morgan fingerprint density at radius 2 is 1.94 bits per heavy atom. The summed E-state index contributed by atoms with van der Waals surface area (Å²) in [5.41, 5.74) is 0.830. The fraction of sp³-hybridized carbons (Fsp3) is 0.533. The van der Waals surface area contributed by atoms with Gasteiger partial charge in [-0.15, -0.1) is 0 Å². The molecule has 18 heavy (non-hydrogen) atoms. The van der Waals surface area contributed by atoms with Gasteiger partial charge in [-0.1, -0.05) is 31.4 Å². The number of hydrogen-bond acceptors (Lipinski definition) is 1. The van der Waals surface area contributed by atoms with Crippen LogP contribution < -0.4 is 0 Å². The lowest BCUT2D eigenvalue weighted by Gasteiger charge is -2.27. The molecule has 1 fully saturated rings. The van der Waals surface area contributed by atoms with Crippen molar-refractivity contribution >= 4 is 28.5 Å². The van der Waals surface area contributed by atoms with Crippen LogP contribution in [0.15, 0.2) is 24.3 Å². The predicted molar refractivity (Wildman–Crippen MR) is 82.7 cm³/mol. The van der Waals surface area contributed by atoms with Crippen molar-refractivity contribution in [2.24, 2.45) is 5.92 Å². The van der Waals surface area contributed by atoms with Crippen molar-refractivity contribution in [1.29, 1.82) is 0 Å². The fourth-order valence-electron chi connectivity index (χ4n) is 2.68. The molecule has 1 aromatic rings. The standard InChI is InChI=1S/C15H20INO/c1-17(11-12-7-3-2-4-8-12)15(18)13-9-5-6-10-14(13)16/h5-6,9-10,12H,2-4,7-8,11H2,1H3. The molecule has 98 valence electrons. The van der Waals surface area contributed by atoms with Crippen molar-refractivity contribution in [3.8, 4) is 0 Å². The van der Waals surface area contributed by atoms with Crippen molar-refractivity contribution in [2.75, 3.05) is 13.6 Å². The minimum absolute atomic E-state index is 0.158. The number of nitrogens with zero attached hydrogens (tertiary/aromatic N) is 1. The highest BCUT2D eigenvalue weighted by molar-refractivity contribution is 14.1. The van der Waals surface area contributed by atoms with Gasteiger partial charge in [0.05, 0.1) is 5.56 Å². The van der Waals surface area contributed by atoms with E-state index in [9.17, 15) is 4.79 Å². The monoisotopic (exact) mass is 357 g/mol. The molecule has 0 aliphatic heterocycles. The number of benzene rings is 1. The minimum Gasteiger partial charge on any atom is -0.341 e. The summed E-state index contributed by atoms with van der Waals surface area (Å²) in [6.07, 6.45) is 6.59. The van der Waals surface area contributed by atoms with E-state index < -0.39 is 0 Å². The molecule has 0 radical (unpaired) electrons. The second kappa shape index (κ2) is 6.55. The highest BCUT2D eigenvalue weighted by atomic mass is 127. The first-order chi connectivity index (χ1) is 8.68. The van der Waals surface area contributed by atoms with Gasteiger partial charge in [0.1, 0.15) is 0 Å². The molecular weight excluding hydrogens is 337 g/mol. The molecule has 1 amide bonds. The average Bonchev–Trinajstić information content (AvgIpc) is 2.39. The number of hydrogen-bond donors (Lipinski definition) is 0. The lowest BCUT2D eigenvalue weighted by molar-refractivity contribution is 0.0759. The van der Waals surface area contributed by atoms with Crippen LogP contribution in [0.5, 0.6) is 0 Å². The third-order valence-electron chi connectivity index (χ3n) is 3.71. The molecule has 0 N–H and O–H groups in total. The molecule has 2 nitrogen and oxygen atoms in total. The van der Waals surface area contributed by atoms with E-state index in [4.69, 9.17) is 0 Å². The van der Waals surface area contributed by atoms with E-state index in [0.717, 1.165) is 15.7 Å². The van der Waals surface area contributed by atoms with Crippen molar-refractivity contribution < 1.29 is 4.79 Å². The Hall–Kier alpha value is -0.580. The molecule has 0 saturated heterocycles. The molecule has 0 atom stereocenters. The summed E-state index contributed by atoms with van der Waals surface area (Å²) in [6, 6.07) is 7.81. The summed E-state index contributed by atoms with van der Waals surface area (Å²) in [5, 5.41) is 0. The molecule has 1 aromatic carbocycles. The number of carbonyl (C=O) groups excluding carboxylic acids is 1. The highest BCUT2D eigenvalue weighted by Gasteiger charge is 2.20. The second-order valence-electron chi connectivity index (χ2n) is 5.17. The number of rotatable bonds is 3. The molecule has 2 rings (SSSR count). The Bertz CT molecular complexity index is 413. The third-order valence-corrected chi connectivity index (χ3v) is 4.65. The molecule has 0 unspecified atom stereocenters. The maximum absolute atomic E-state index is 12.4. The normalized spacial score (nSPS) is 16.6. The molecule has 1 saturated carbocycles. The van der Waals surface area contributed by atoms with Crippen LogP contribution in [0, 0.1) is 9.49 Å². The molecule has 1 aliphatic rings. The van der Waals surface area contributed by atoms with E-state index >= 15 is 0 Å². The summed E-state index contributed by atoms with van der Waals surface area (Å²) in [7, 11) is 1.93. The van der Waals surface area contributed by atoms with Crippen LogP contribution in [-0.4, -0.2) is 24.4 Å². The first kappa shape index (κ1) is 13.8. The maximum Gasteiger partial charge on any atom is 0.254 e. The van der Waals surface area contributed by atoms with Crippen LogP contribution in [0.2, 0.25) is 0 Å². The first-order valence-electron chi connectivity index (χ1n) is 6.68. The largest absolute Gasteiger partial charge is 0.341 e. The van der Waals surface area contributed by atoms with Gasteiger partial charge in [-0.25, -0.2) is 0 Å². The van der Waals surface area contributed by atoms with Crippen LogP contribution in [-0.2, 0) is 0 Å². The SMILES string of the molecule is CN(CC1CCCCC1)C(=O)c1ccccc1I. The predicted octanol–water partition coefficient (Wildman–Crippen LogP) is 3.94. The second-order valence-corrected chi connectivity index (χ2v) is 6.33. The molecule has 0 spiro atoms. The lowest BCUT2D eigenvalue weighted by Crippen LogP contribution is -2.33. The van der Waals surface area contributed by atoms with Gasteiger partial charge < -0.3 is 4.90 Å². The van der Waals surface area contributed by atoms with E-state index in [1.54, 1.807) is 0 Å². The number of carbonyl (C=O) groups is 1. The quantitative estimate of drug-likeness (QED) is 0.751. The van der Waals surface area contributed by atoms with Crippen molar-refractivity contribution in [3.05, 3.63) is 33.4 Å². The first-order valence-corrected chi connectivity index (χ1v) is 7.76. The fourth-order valence-corrected chi connectivity index (χ4v) is 3.30. The van der Waals surface area contributed by atoms with Crippen LogP contribution >= 0.6 is 22.6 Å². The zero-order chi connectivity index (χ0) is 13.0. The zero-order valence-electron chi connectivity index (χ0n) is 10.9. The van der Waals surface area contributed by atoms with Crippen LogP contribution in [0.25, 0.3) is 0 Å². The van der Waals surface area contributed by atoms with E-state index in [1.165, 1.54) is 32.1 Å². The summed E-state index contributed by atoms with van der Waals surface area (Å²) in [5.74, 6) is 0.861. The van der Waals surface area contributed by atoms with Crippen molar-refractivity contribution in [2.45, 2.75) is 32.1 Å².